The number of nitriles is 1. The molecule has 1 aliphatic heterocycles. The Bertz CT molecular complexity index is 1120. The molecular weight excluding hydrogens is 426 g/mol. The quantitative estimate of drug-likeness (QED) is 0.709. The third kappa shape index (κ3) is 4.70. The minimum atomic E-state index is -3.69. The van der Waals surface area contributed by atoms with Crippen molar-refractivity contribution in [3.05, 3.63) is 58.6 Å². The molecule has 30 heavy (non-hydrogen) atoms. The molecule has 0 saturated carbocycles. The van der Waals surface area contributed by atoms with E-state index in [1.165, 1.54) is 41.6 Å². The van der Waals surface area contributed by atoms with Crippen LogP contribution >= 0.6 is 11.6 Å². The van der Waals surface area contributed by atoms with E-state index >= 15 is 0 Å². The summed E-state index contributed by atoms with van der Waals surface area (Å²) in [6.45, 7) is 1.86. The van der Waals surface area contributed by atoms with Crippen LogP contribution < -0.4 is 5.32 Å². The van der Waals surface area contributed by atoms with E-state index in [2.05, 4.69) is 5.32 Å². The van der Waals surface area contributed by atoms with Crippen molar-refractivity contribution in [2.75, 3.05) is 18.4 Å². The van der Waals surface area contributed by atoms with E-state index in [-0.39, 0.29) is 41.2 Å². The summed E-state index contributed by atoms with van der Waals surface area (Å²) in [4.78, 5) is 24.0. The SMILES string of the molecule is CC(=O)c1ccc(S(=O)(=O)N2CCC(C(=O)Nc3ccc(Cl)c(C#N)c3)CC2)cc1. The fourth-order valence-corrected chi connectivity index (χ4v) is 4.93. The monoisotopic (exact) mass is 445 g/mol. The number of ketones is 1. The molecule has 2 aromatic rings. The van der Waals surface area contributed by atoms with Crippen LogP contribution in [0.15, 0.2) is 47.4 Å². The van der Waals surface area contributed by atoms with Crippen LogP contribution in [-0.4, -0.2) is 37.5 Å². The van der Waals surface area contributed by atoms with Gasteiger partial charge in [0, 0.05) is 30.3 Å². The van der Waals surface area contributed by atoms with E-state index in [9.17, 15) is 18.0 Å². The highest BCUT2D eigenvalue weighted by Crippen LogP contribution is 2.26. The minimum absolute atomic E-state index is 0.126. The first-order valence-electron chi connectivity index (χ1n) is 9.34. The van der Waals surface area contributed by atoms with Crippen molar-refractivity contribution < 1.29 is 18.0 Å². The standard InChI is InChI=1S/C21H20ClN3O4S/c1-14(26)15-2-5-19(6-3-15)30(28,29)25-10-8-16(9-11-25)21(27)24-18-4-7-20(22)17(12-18)13-23/h2-7,12,16H,8-11H2,1H3,(H,24,27). The van der Waals surface area contributed by atoms with E-state index in [0.717, 1.165) is 0 Å². The number of hydrogen-bond acceptors (Lipinski definition) is 5. The molecule has 1 N–H and O–H groups in total. The van der Waals surface area contributed by atoms with Crippen LogP contribution in [0.3, 0.4) is 0 Å². The molecule has 0 radical (unpaired) electrons. The molecule has 0 atom stereocenters. The van der Waals surface area contributed by atoms with Gasteiger partial charge in [-0.3, -0.25) is 9.59 Å². The van der Waals surface area contributed by atoms with Gasteiger partial charge in [0.1, 0.15) is 6.07 Å². The molecule has 1 amide bonds. The van der Waals surface area contributed by atoms with Gasteiger partial charge in [-0.05, 0) is 50.1 Å². The van der Waals surface area contributed by atoms with Crippen LogP contribution in [-0.2, 0) is 14.8 Å². The number of nitrogens with one attached hydrogen (secondary N) is 1. The molecule has 1 aliphatic rings. The van der Waals surface area contributed by atoms with Crippen molar-refractivity contribution in [1.82, 2.24) is 4.31 Å². The maximum Gasteiger partial charge on any atom is 0.243 e. The summed E-state index contributed by atoms with van der Waals surface area (Å²) in [7, 11) is -3.69. The Morgan fingerprint density at radius 2 is 1.77 bits per heavy atom. The number of anilines is 1. The number of nitrogens with zero attached hydrogens (tertiary/aromatic N) is 2. The summed E-state index contributed by atoms with van der Waals surface area (Å²) in [5.74, 6) is -0.685. The van der Waals surface area contributed by atoms with Gasteiger partial charge in [-0.2, -0.15) is 9.57 Å². The Hall–Kier alpha value is -2.73. The van der Waals surface area contributed by atoms with Crippen LogP contribution in [0.4, 0.5) is 5.69 Å². The van der Waals surface area contributed by atoms with Crippen molar-refractivity contribution in [3.8, 4) is 6.07 Å². The first-order valence-corrected chi connectivity index (χ1v) is 11.2. The molecule has 9 heteroatoms. The van der Waals surface area contributed by atoms with Gasteiger partial charge in [-0.25, -0.2) is 8.42 Å². The van der Waals surface area contributed by atoms with Gasteiger partial charge in [0.05, 0.1) is 15.5 Å². The highest BCUT2D eigenvalue weighted by molar-refractivity contribution is 7.89. The van der Waals surface area contributed by atoms with Crippen molar-refractivity contribution in [3.63, 3.8) is 0 Å². The number of piperidine rings is 1. The summed E-state index contributed by atoms with van der Waals surface area (Å²) in [5, 5.41) is 12.1. The smallest absolute Gasteiger partial charge is 0.243 e. The Labute approximate surface area is 180 Å². The predicted octanol–water partition coefficient (Wildman–Crippen LogP) is 3.45. The third-order valence-electron chi connectivity index (χ3n) is 5.08. The van der Waals surface area contributed by atoms with Gasteiger partial charge in [0.25, 0.3) is 0 Å². The second-order valence-corrected chi connectivity index (χ2v) is 9.40. The zero-order valence-electron chi connectivity index (χ0n) is 16.3. The summed E-state index contributed by atoms with van der Waals surface area (Å²) in [6.07, 6.45) is 0.768. The van der Waals surface area contributed by atoms with E-state index in [0.29, 0.717) is 29.1 Å². The zero-order chi connectivity index (χ0) is 21.9. The number of sulfonamides is 1. The molecule has 1 heterocycles. The Morgan fingerprint density at radius 1 is 1.13 bits per heavy atom. The Balaban J connectivity index is 1.63. The van der Waals surface area contributed by atoms with Crippen molar-refractivity contribution >= 4 is 39.0 Å². The molecule has 0 unspecified atom stereocenters. The Morgan fingerprint density at radius 3 is 2.33 bits per heavy atom. The first-order chi connectivity index (χ1) is 14.2. The van der Waals surface area contributed by atoms with Gasteiger partial charge in [-0.1, -0.05) is 23.7 Å². The lowest BCUT2D eigenvalue weighted by atomic mass is 9.97. The summed E-state index contributed by atoms with van der Waals surface area (Å²) in [6, 6.07) is 12.5. The first kappa shape index (κ1) is 22.0. The van der Waals surface area contributed by atoms with Crippen molar-refractivity contribution in [2.45, 2.75) is 24.7 Å². The van der Waals surface area contributed by atoms with Gasteiger partial charge in [0.2, 0.25) is 15.9 Å². The molecule has 1 fully saturated rings. The third-order valence-corrected chi connectivity index (χ3v) is 7.32. The van der Waals surface area contributed by atoms with Crippen LogP contribution in [0.25, 0.3) is 0 Å². The van der Waals surface area contributed by atoms with Gasteiger partial charge in [-0.15, -0.1) is 0 Å². The molecule has 0 bridgehead atoms. The molecule has 0 aliphatic carbocycles. The van der Waals surface area contributed by atoms with Crippen LogP contribution in [0.2, 0.25) is 5.02 Å². The molecular formula is C21H20ClN3O4S. The number of carbonyl (C=O) groups is 2. The lowest BCUT2D eigenvalue weighted by molar-refractivity contribution is -0.120. The zero-order valence-corrected chi connectivity index (χ0v) is 17.8. The van der Waals surface area contributed by atoms with Gasteiger partial charge >= 0.3 is 0 Å². The normalized spacial score (nSPS) is 15.4. The molecule has 0 aromatic heterocycles. The predicted molar refractivity (Wildman–Crippen MR) is 113 cm³/mol. The molecule has 7 nitrogen and oxygen atoms in total. The van der Waals surface area contributed by atoms with Gasteiger partial charge in [0.15, 0.2) is 5.78 Å². The Kier molecular flexibility index (Phi) is 6.56. The molecule has 2 aromatic carbocycles. The minimum Gasteiger partial charge on any atom is -0.326 e. The molecule has 156 valence electrons. The number of benzene rings is 2. The summed E-state index contributed by atoms with van der Waals surface area (Å²) < 4.78 is 27.0. The average molecular weight is 446 g/mol. The fourth-order valence-electron chi connectivity index (χ4n) is 3.30. The van der Waals surface area contributed by atoms with Crippen molar-refractivity contribution in [1.29, 1.82) is 5.26 Å². The largest absolute Gasteiger partial charge is 0.326 e. The highest BCUT2D eigenvalue weighted by Gasteiger charge is 2.32. The second-order valence-electron chi connectivity index (χ2n) is 7.05. The maximum absolute atomic E-state index is 12.8. The molecule has 0 spiro atoms. The topological polar surface area (TPSA) is 107 Å². The number of carbonyl (C=O) groups excluding carboxylic acids is 2. The van der Waals surface area contributed by atoms with E-state index in [1.54, 1.807) is 12.1 Å². The second kappa shape index (κ2) is 8.96. The fraction of sp³-hybridized carbons (Fsp3) is 0.286. The lowest BCUT2D eigenvalue weighted by Crippen LogP contribution is -2.41. The lowest BCUT2D eigenvalue weighted by Gasteiger charge is -2.30. The molecule has 1 saturated heterocycles. The van der Waals surface area contributed by atoms with Crippen LogP contribution in [0.1, 0.15) is 35.7 Å². The summed E-state index contributed by atoms with van der Waals surface area (Å²) in [5.41, 5.74) is 1.19. The average Bonchev–Trinajstić information content (AvgIpc) is 2.75. The van der Waals surface area contributed by atoms with E-state index in [4.69, 9.17) is 16.9 Å². The highest BCUT2D eigenvalue weighted by atomic mass is 35.5. The van der Waals surface area contributed by atoms with Crippen molar-refractivity contribution in [2.24, 2.45) is 5.92 Å². The van der Waals surface area contributed by atoms with Crippen LogP contribution in [0, 0.1) is 17.2 Å². The van der Waals surface area contributed by atoms with Gasteiger partial charge < -0.3 is 5.32 Å². The van der Waals surface area contributed by atoms with Crippen LogP contribution in [0.5, 0.6) is 0 Å². The number of Topliss-reactive ketones (excluding diaryl/α,β-unsaturated/α-hetero) is 1. The maximum atomic E-state index is 12.8. The number of rotatable bonds is 5. The van der Waals surface area contributed by atoms with E-state index < -0.39 is 10.0 Å². The number of halogens is 1. The van der Waals surface area contributed by atoms with E-state index in [1.807, 2.05) is 6.07 Å². The number of hydrogen-bond donors (Lipinski definition) is 1. The molecule has 3 rings (SSSR count). The summed E-state index contributed by atoms with van der Waals surface area (Å²) >= 11 is 5.90. The number of amides is 1.